The summed E-state index contributed by atoms with van der Waals surface area (Å²) in [5.41, 5.74) is 2.40. The monoisotopic (exact) mass is 322 g/mol. The minimum absolute atomic E-state index is 0.410. The number of carbonyl (C=O) groups is 1. The van der Waals surface area contributed by atoms with Crippen LogP contribution in [0.4, 0.5) is 0 Å². The van der Waals surface area contributed by atoms with Crippen LogP contribution in [0.2, 0.25) is 0 Å². The predicted octanol–water partition coefficient (Wildman–Crippen LogP) is 5.17. The maximum atomic E-state index is 11.6. The Kier molecular flexibility index (Phi) is 4.58. The lowest BCUT2D eigenvalue weighted by Crippen LogP contribution is -2.03. The number of carboxylic acid groups (broad SMARTS) is 1. The molecule has 0 radical (unpaired) electrons. The summed E-state index contributed by atoms with van der Waals surface area (Å²) in [6, 6.07) is 18.0. The number of carboxylic acids is 1. The highest BCUT2D eigenvalue weighted by atomic mass is 32.1. The zero-order valence-electron chi connectivity index (χ0n) is 13.0. The molecular weight excluding hydrogens is 304 g/mol. The minimum Gasteiger partial charge on any atom is -0.478 e. The number of hydrogen-bond donors (Lipinski definition) is 1. The molecule has 0 aliphatic carbocycles. The van der Waals surface area contributed by atoms with E-state index in [1.165, 1.54) is 9.58 Å². The van der Waals surface area contributed by atoms with E-state index in [0.717, 1.165) is 22.9 Å². The van der Waals surface area contributed by atoms with Crippen molar-refractivity contribution in [2.75, 3.05) is 0 Å². The third-order valence-electron chi connectivity index (χ3n) is 3.84. The van der Waals surface area contributed by atoms with Crippen molar-refractivity contribution in [1.29, 1.82) is 0 Å². The minimum atomic E-state index is -0.864. The molecule has 1 heterocycles. The molecule has 0 fully saturated rings. The first-order chi connectivity index (χ1) is 11.2. The Morgan fingerprint density at radius 2 is 1.91 bits per heavy atom. The van der Waals surface area contributed by atoms with Gasteiger partial charge >= 0.3 is 5.97 Å². The van der Waals surface area contributed by atoms with E-state index in [-0.39, 0.29) is 0 Å². The van der Waals surface area contributed by atoms with Gasteiger partial charge in [-0.25, -0.2) is 4.79 Å². The average molecular weight is 322 g/mol. The van der Waals surface area contributed by atoms with Gasteiger partial charge in [0.15, 0.2) is 0 Å². The van der Waals surface area contributed by atoms with Gasteiger partial charge in [0.05, 0.1) is 0 Å². The number of aliphatic carboxylic acids is 1. The second-order valence-corrected chi connectivity index (χ2v) is 6.63. The van der Waals surface area contributed by atoms with Crippen LogP contribution >= 0.6 is 11.3 Å². The molecule has 0 amide bonds. The van der Waals surface area contributed by atoms with Gasteiger partial charge in [0, 0.05) is 21.6 Å². The van der Waals surface area contributed by atoms with Gasteiger partial charge in [-0.3, -0.25) is 0 Å². The summed E-state index contributed by atoms with van der Waals surface area (Å²) in [4.78, 5) is 13.0. The number of fused-ring (bicyclic) bond motifs is 1. The molecule has 0 aliphatic rings. The molecule has 0 saturated heterocycles. The number of hydrogen-bond acceptors (Lipinski definition) is 2. The van der Waals surface area contributed by atoms with E-state index in [1.807, 2.05) is 48.5 Å². The first-order valence-corrected chi connectivity index (χ1v) is 8.48. The second-order valence-electron chi connectivity index (χ2n) is 5.46. The Hall–Kier alpha value is -2.39. The first-order valence-electron chi connectivity index (χ1n) is 7.66. The molecule has 0 spiro atoms. The predicted molar refractivity (Wildman–Crippen MR) is 97.0 cm³/mol. The fourth-order valence-electron chi connectivity index (χ4n) is 2.63. The molecule has 0 saturated carbocycles. The van der Waals surface area contributed by atoms with Crippen LogP contribution in [0.1, 0.15) is 22.9 Å². The molecule has 0 atom stereocenters. The van der Waals surface area contributed by atoms with Crippen LogP contribution in [0.15, 0.2) is 60.2 Å². The lowest BCUT2D eigenvalue weighted by atomic mass is 10.0. The van der Waals surface area contributed by atoms with Crippen molar-refractivity contribution in [3.63, 3.8) is 0 Å². The number of rotatable bonds is 5. The maximum Gasteiger partial charge on any atom is 0.331 e. The summed E-state index contributed by atoms with van der Waals surface area (Å²) in [5, 5.41) is 10.7. The van der Waals surface area contributed by atoms with Gasteiger partial charge in [0.1, 0.15) is 0 Å². The van der Waals surface area contributed by atoms with Crippen molar-refractivity contribution in [3.8, 4) is 0 Å². The molecule has 2 aromatic carbocycles. The highest BCUT2D eigenvalue weighted by Crippen LogP contribution is 2.30. The molecule has 2 nitrogen and oxygen atoms in total. The maximum absolute atomic E-state index is 11.6. The Labute approximate surface area is 139 Å². The standard InChI is InChI=1S/C20H18O2S/c1-2-17-13-18-15(9-6-10-19(18)23-17)12-16(20(21)22)11-14-7-4-3-5-8-14/h3-10,12-13H,2,11H2,1H3,(H,21,22). The van der Waals surface area contributed by atoms with E-state index in [9.17, 15) is 9.90 Å². The third-order valence-corrected chi connectivity index (χ3v) is 5.08. The van der Waals surface area contributed by atoms with E-state index in [1.54, 1.807) is 11.3 Å². The van der Waals surface area contributed by atoms with Crippen molar-refractivity contribution in [2.24, 2.45) is 0 Å². The van der Waals surface area contributed by atoms with Gasteiger partial charge in [-0.2, -0.15) is 0 Å². The summed E-state index contributed by atoms with van der Waals surface area (Å²) in [6.07, 6.45) is 3.24. The van der Waals surface area contributed by atoms with Crippen LogP contribution in [-0.4, -0.2) is 11.1 Å². The molecule has 116 valence electrons. The van der Waals surface area contributed by atoms with E-state index < -0.39 is 5.97 Å². The number of thiophene rings is 1. The average Bonchev–Trinajstić information content (AvgIpc) is 2.99. The van der Waals surface area contributed by atoms with Crippen LogP contribution in [0, 0.1) is 0 Å². The van der Waals surface area contributed by atoms with Crippen LogP contribution < -0.4 is 0 Å². The molecule has 3 aromatic rings. The van der Waals surface area contributed by atoms with Gasteiger partial charge in [0.25, 0.3) is 0 Å². The molecule has 3 heteroatoms. The molecule has 1 N–H and O–H groups in total. The number of aryl methyl sites for hydroxylation is 1. The summed E-state index contributed by atoms with van der Waals surface area (Å²) in [5.74, 6) is -0.864. The smallest absolute Gasteiger partial charge is 0.331 e. The van der Waals surface area contributed by atoms with Gasteiger partial charge in [-0.05, 0) is 41.1 Å². The Bertz CT molecular complexity index is 860. The molecule has 3 rings (SSSR count). The van der Waals surface area contributed by atoms with Gasteiger partial charge in [-0.15, -0.1) is 11.3 Å². The van der Waals surface area contributed by atoms with E-state index in [4.69, 9.17) is 0 Å². The second kappa shape index (κ2) is 6.80. The zero-order chi connectivity index (χ0) is 16.2. The fourth-order valence-corrected chi connectivity index (χ4v) is 3.67. The van der Waals surface area contributed by atoms with Gasteiger partial charge in [0.2, 0.25) is 0 Å². The van der Waals surface area contributed by atoms with Crippen molar-refractivity contribution in [2.45, 2.75) is 19.8 Å². The first kappa shape index (κ1) is 15.5. The zero-order valence-corrected chi connectivity index (χ0v) is 13.8. The van der Waals surface area contributed by atoms with Crippen molar-refractivity contribution >= 4 is 33.5 Å². The third kappa shape index (κ3) is 3.51. The quantitative estimate of drug-likeness (QED) is 0.658. The molecule has 23 heavy (non-hydrogen) atoms. The Morgan fingerprint density at radius 1 is 1.13 bits per heavy atom. The molecule has 0 unspecified atom stereocenters. The fraction of sp³-hybridized carbons (Fsp3) is 0.150. The van der Waals surface area contributed by atoms with Crippen molar-refractivity contribution in [1.82, 2.24) is 0 Å². The van der Waals surface area contributed by atoms with Crippen LogP contribution in [0.25, 0.3) is 16.2 Å². The summed E-state index contributed by atoms with van der Waals surface area (Å²) < 4.78 is 1.21. The molecule has 1 aromatic heterocycles. The van der Waals surface area contributed by atoms with Gasteiger partial charge in [-0.1, -0.05) is 49.4 Å². The van der Waals surface area contributed by atoms with Gasteiger partial charge < -0.3 is 5.11 Å². The summed E-state index contributed by atoms with van der Waals surface area (Å²) >= 11 is 1.77. The Morgan fingerprint density at radius 3 is 2.61 bits per heavy atom. The van der Waals surface area contributed by atoms with E-state index in [0.29, 0.717) is 12.0 Å². The Balaban J connectivity index is 2.03. The largest absolute Gasteiger partial charge is 0.478 e. The van der Waals surface area contributed by atoms with Crippen LogP contribution in [-0.2, 0) is 17.6 Å². The molecular formula is C20H18O2S. The normalized spacial score (nSPS) is 11.8. The molecule has 0 aliphatic heterocycles. The van der Waals surface area contributed by atoms with E-state index in [2.05, 4.69) is 19.1 Å². The number of benzene rings is 2. The topological polar surface area (TPSA) is 37.3 Å². The lowest BCUT2D eigenvalue weighted by Gasteiger charge is -2.04. The van der Waals surface area contributed by atoms with Crippen LogP contribution in [0.5, 0.6) is 0 Å². The van der Waals surface area contributed by atoms with E-state index >= 15 is 0 Å². The highest BCUT2D eigenvalue weighted by molar-refractivity contribution is 7.19. The van der Waals surface area contributed by atoms with Crippen molar-refractivity contribution < 1.29 is 9.90 Å². The van der Waals surface area contributed by atoms with Crippen LogP contribution in [0.3, 0.4) is 0 Å². The highest BCUT2D eigenvalue weighted by Gasteiger charge is 2.11. The summed E-state index contributed by atoms with van der Waals surface area (Å²) in [7, 11) is 0. The SMILES string of the molecule is CCc1cc2c(C=C(Cc3ccccc3)C(=O)O)cccc2s1. The van der Waals surface area contributed by atoms with Crippen molar-refractivity contribution in [3.05, 3.63) is 76.2 Å². The molecule has 0 bridgehead atoms. The summed E-state index contributed by atoms with van der Waals surface area (Å²) in [6.45, 7) is 2.14. The lowest BCUT2D eigenvalue weighted by molar-refractivity contribution is -0.132.